The van der Waals surface area contributed by atoms with E-state index >= 15 is 0 Å². The minimum Gasteiger partial charge on any atom is -0.478 e. The van der Waals surface area contributed by atoms with Crippen molar-refractivity contribution < 1.29 is 24.5 Å². The Balaban J connectivity index is 0.000000235. The summed E-state index contributed by atoms with van der Waals surface area (Å²) in [7, 11) is 0. The van der Waals surface area contributed by atoms with Gasteiger partial charge >= 0.3 is 11.9 Å². The van der Waals surface area contributed by atoms with Crippen LogP contribution in [-0.4, -0.2) is 59.9 Å². The average molecular weight is 295 g/mol. The summed E-state index contributed by atoms with van der Waals surface area (Å²) < 4.78 is 5.16. The van der Waals surface area contributed by atoms with Gasteiger partial charge in [-0.2, -0.15) is 0 Å². The van der Waals surface area contributed by atoms with Crippen LogP contribution >= 0.6 is 0 Å². The third kappa shape index (κ3) is 5.17. The van der Waals surface area contributed by atoms with Crippen molar-refractivity contribution in [3.63, 3.8) is 0 Å². The van der Waals surface area contributed by atoms with Gasteiger partial charge in [-0.1, -0.05) is 13.0 Å². The third-order valence-electron chi connectivity index (χ3n) is 3.35. The molecule has 0 unspecified atom stereocenters. The number of rotatable bonds is 3. The molecule has 1 fully saturated rings. The molecule has 0 saturated carbocycles. The molecule has 0 radical (unpaired) electrons. The summed E-state index contributed by atoms with van der Waals surface area (Å²) in [6.07, 6.45) is 0. The maximum atomic E-state index is 10.6. The van der Waals surface area contributed by atoms with Gasteiger partial charge in [0, 0.05) is 13.1 Å². The van der Waals surface area contributed by atoms with Crippen LogP contribution in [0.5, 0.6) is 0 Å². The predicted octanol–water partition coefficient (Wildman–Crippen LogP) is 1.73. The van der Waals surface area contributed by atoms with Crippen LogP contribution in [0.3, 0.4) is 0 Å². The normalized spacial score (nSPS) is 15.0. The monoisotopic (exact) mass is 295 g/mol. The first-order valence-electron chi connectivity index (χ1n) is 6.83. The van der Waals surface area contributed by atoms with E-state index in [4.69, 9.17) is 14.9 Å². The summed E-state index contributed by atoms with van der Waals surface area (Å²) in [4.78, 5) is 23.6. The summed E-state index contributed by atoms with van der Waals surface area (Å²) in [5.74, 6) is -2.22. The van der Waals surface area contributed by atoms with E-state index < -0.39 is 11.9 Å². The fourth-order valence-electron chi connectivity index (χ4n) is 2.02. The first-order valence-corrected chi connectivity index (χ1v) is 6.83. The molecule has 1 aliphatic rings. The van der Waals surface area contributed by atoms with Crippen molar-refractivity contribution in [3.8, 4) is 0 Å². The Kier molecular flexibility index (Phi) is 6.84. The Hall–Kier alpha value is -1.92. The molecule has 6 heteroatoms. The van der Waals surface area contributed by atoms with Crippen LogP contribution in [0.25, 0.3) is 0 Å². The lowest BCUT2D eigenvalue weighted by Gasteiger charge is -2.24. The molecule has 116 valence electrons. The van der Waals surface area contributed by atoms with Crippen molar-refractivity contribution in [2.75, 3.05) is 32.8 Å². The number of likely N-dealkylation sites (N-methyl/N-ethyl adjacent to an activating group) is 1. The lowest BCUT2D eigenvalue weighted by atomic mass is 10.0. The van der Waals surface area contributed by atoms with Gasteiger partial charge in [0.25, 0.3) is 0 Å². The maximum Gasteiger partial charge on any atom is 0.335 e. The van der Waals surface area contributed by atoms with E-state index in [1.807, 2.05) is 0 Å². The topological polar surface area (TPSA) is 87.1 Å². The fourth-order valence-corrected chi connectivity index (χ4v) is 2.02. The predicted molar refractivity (Wildman–Crippen MR) is 78.0 cm³/mol. The van der Waals surface area contributed by atoms with Gasteiger partial charge in [-0.05, 0) is 31.2 Å². The van der Waals surface area contributed by atoms with E-state index in [9.17, 15) is 9.59 Å². The minimum absolute atomic E-state index is 0.0277. The molecule has 1 heterocycles. The van der Waals surface area contributed by atoms with Crippen LogP contribution in [0.15, 0.2) is 18.2 Å². The standard InChI is InChI=1S/C9H8O4.C6H13NO/c1-5-6(8(10)11)3-2-4-7(5)9(12)13;1-2-7-3-5-8-6-4-7/h2-4H,1H3,(H,10,11)(H,12,13);2-6H2,1H3. The molecule has 2 rings (SSSR count). The number of hydrogen-bond donors (Lipinski definition) is 2. The molecule has 1 aliphatic heterocycles. The summed E-state index contributed by atoms with van der Waals surface area (Å²) in [5, 5.41) is 17.4. The van der Waals surface area contributed by atoms with Crippen molar-refractivity contribution in [2.24, 2.45) is 0 Å². The molecular formula is C15H21NO5. The van der Waals surface area contributed by atoms with Crippen LogP contribution in [0.2, 0.25) is 0 Å². The lowest BCUT2D eigenvalue weighted by Crippen LogP contribution is -2.35. The third-order valence-corrected chi connectivity index (χ3v) is 3.35. The Morgan fingerprint density at radius 2 is 1.62 bits per heavy atom. The van der Waals surface area contributed by atoms with Gasteiger partial charge in [-0.15, -0.1) is 0 Å². The summed E-state index contributed by atoms with van der Waals surface area (Å²) in [6.45, 7) is 8.93. The number of carboxylic acid groups (broad SMARTS) is 2. The summed E-state index contributed by atoms with van der Waals surface area (Å²) in [5.41, 5.74) is 0.335. The largest absolute Gasteiger partial charge is 0.478 e. The molecule has 0 bridgehead atoms. The zero-order valence-electron chi connectivity index (χ0n) is 12.3. The molecule has 1 saturated heterocycles. The number of benzene rings is 1. The highest BCUT2D eigenvalue weighted by atomic mass is 16.5. The Labute approximate surface area is 124 Å². The van der Waals surface area contributed by atoms with E-state index in [1.165, 1.54) is 31.7 Å². The number of aromatic carboxylic acids is 2. The fraction of sp³-hybridized carbons (Fsp3) is 0.467. The van der Waals surface area contributed by atoms with Crippen molar-refractivity contribution in [2.45, 2.75) is 13.8 Å². The highest BCUT2D eigenvalue weighted by Gasteiger charge is 2.13. The van der Waals surface area contributed by atoms with Crippen LogP contribution in [0, 0.1) is 6.92 Å². The van der Waals surface area contributed by atoms with E-state index in [0.717, 1.165) is 26.3 Å². The van der Waals surface area contributed by atoms with Gasteiger partial charge in [0.15, 0.2) is 0 Å². The zero-order chi connectivity index (χ0) is 15.8. The molecule has 0 spiro atoms. The average Bonchev–Trinajstić information content (AvgIpc) is 2.48. The second kappa shape index (κ2) is 8.39. The highest BCUT2D eigenvalue weighted by Crippen LogP contribution is 2.13. The van der Waals surface area contributed by atoms with Crippen molar-refractivity contribution in [1.29, 1.82) is 0 Å². The van der Waals surface area contributed by atoms with Gasteiger partial charge < -0.3 is 14.9 Å². The molecule has 2 N–H and O–H groups in total. The lowest BCUT2D eigenvalue weighted by molar-refractivity contribution is 0.0405. The highest BCUT2D eigenvalue weighted by molar-refractivity contribution is 5.96. The molecule has 1 aromatic carbocycles. The molecule has 1 aromatic rings. The number of carbonyl (C=O) groups is 2. The van der Waals surface area contributed by atoms with Gasteiger partial charge in [0.05, 0.1) is 24.3 Å². The van der Waals surface area contributed by atoms with E-state index in [1.54, 1.807) is 0 Å². The quantitative estimate of drug-likeness (QED) is 0.883. The number of nitrogens with zero attached hydrogens (tertiary/aromatic N) is 1. The molecule has 21 heavy (non-hydrogen) atoms. The minimum atomic E-state index is -1.11. The maximum absolute atomic E-state index is 10.6. The van der Waals surface area contributed by atoms with Crippen molar-refractivity contribution in [3.05, 3.63) is 34.9 Å². The first-order chi connectivity index (χ1) is 9.97. The Bertz CT molecular complexity index is 463. The van der Waals surface area contributed by atoms with Gasteiger partial charge in [0.1, 0.15) is 0 Å². The Morgan fingerprint density at radius 3 is 1.95 bits per heavy atom. The van der Waals surface area contributed by atoms with Gasteiger partial charge in [0.2, 0.25) is 0 Å². The van der Waals surface area contributed by atoms with Crippen LogP contribution in [0.1, 0.15) is 33.2 Å². The molecule has 0 aromatic heterocycles. The van der Waals surface area contributed by atoms with Crippen LogP contribution in [-0.2, 0) is 4.74 Å². The van der Waals surface area contributed by atoms with E-state index in [0.29, 0.717) is 0 Å². The second-order valence-electron chi connectivity index (χ2n) is 4.64. The van der Waals surface area contributed by atoms with E-state index in [2.05, 4.69) is 11.8 Å². The van der Waals surface area contributed by atoms with Crippen molar-refractivity contribution in [1.82, 2.24) is 4.90 Å². The number of hydrogen-bond acceptors (Lipinski definition) is 4. The summed E-state index contributed by atoms with van der Waals surface area (Å²) in [6, 6.07) is 4.17. The smallest absolute Gasteiger partial charge is 0.335 e. The van der Waals surface area contributed by atoms with Crippen LogP contribution < -0.4 is 0 Å². The van der Waals surface area contributed by atoms with Gasteiger partial charge in [-0.3, -0.25) is 4.90 Å². The molecular weight excluding hydrogens is 274 g/mol. The number of ether oxygens (including phenoxy) is 1. The molecule has 6 nitrogen and oxygen atoms in total. The number of morpholine rings is 1. The van der Waals surface area contributed by atoms with Crippen molar-refractivity contribution >= 4 is 11.9 Å². The number of carboxylic acids is 2. The van der Waals surface area contributed by atoms with Crippen LogP contribution in [0.4, 0.5) is 0 Å². The molecule has 0 atom stereocenters. The van der Waals surface area contributed by atoms with Gasteiger partial charge in [-0.25, -0.2) is 9.59 Å². The Morgan fingerprint density at radius 1 is 1.14 bits per heavy atom. The zero-order valence-corrected chi connectivity index (χ0v) is 12.3. The molecule has 0 aliphatic carbocycles. The molecule has 0 amide bonds. The SMILES string of the molecule is CCN1CCOCC1.Cc1c(C(=O)O)cccc1C(=O)O. The summed E-state index contributed by atoms with van der Waals surface area (Å²) >= 11 is 0. The first kappa shape index (κ1) is 17.1. The van der Waals surface area contributed by atoms with E-state index in [-0.39, 0.29) is 16.7 Å². The second-order valence-corrected chi connectivity index (χ2v) is 4.64.